The highest BCUT2D eigenvalue weighted by Crippen LogP contribution is 2.42. The number of hydrogen-bond donors (Lipinski definition) is 0. The molecule has 150 valence electrons. The quantitative estimate of drug-likeness (QED) is 0.796. The Labute approximate surface area is 168 Å². The summed E-state index contributed by atoms with van der Waals surface area (Å²) in [6.07, 6.45) is 6.22. The number of carbonyl (C=O) groups is 1. The number of hydrogen-bond acceptors (Lipinski definition) is 4. The Morgan fingerprint density at radius 2 is 1.96 bits per heavy atom. The minimum absolute atomic E-state index is 0.159. The minimum atomic E-state index is -0.334. The van der Waals surface area contributed by atoms with Crippen LogP contribution in [0.2, 0.25) is 0 Å². The lowest BCUT2D eigenvalue weighted by atomic mass is 9.68. The Kier molecular flexibility index (Phi) is 5.59. The van der Waals surface area contributed by atoms with Crippen molar-refractivity contribution in [2.24, 2.45) is 5.92 Å². The molecule has 1 aromatic carbocycles. The van der Waals surface area contributed by atoms with Gasteiger partial charge in [0.1, 0.15) is 0 Å². The summed E-state index contributed by atoms with van der Waals surface area (Å²) in [6, 6.07) is 13.9. The van der Waals surface area contributed by atoms with Crippen LogP contribution in [0, 0.1) is 17.2 Å². The van der Waals surface area contributed by atoms with Gasteiger partial charge in [-0.3, -0.25) is 4.90 Å². The van der Waals surface area contributed by atoms with E-state index in [0.717, 1.165) is 45.3 Å². The lowest BCUT2D eigenvalue weighted by Gasteiger charge is -2.46. The smallest absolute Gasteiger partial charge is 0.409 e. The molecule has 1 aliphatic carbocycles. The van der Waals surface area contributed by atoms with Gasteiger partial charge in [-0.2, -0.15) is 5.26 Å². The van der Waals surface area contributed by atoms with Crippen LogP contribution < -0.4 is 0 Å². The van der Waals surface area contributed by atoms with Crippen LogP contribution in [0.5, 0.6) is 0 Å². The molecular weight excluding hydrogens is 350 g/mol. The van der Waals surface area contributed by atoms with Crippen molar-refractivity contribution < 1.29 is 9.53 Å². The molecule has 5 heteroatoms. The van der Waals surface area contributed by atoms with E-state index in [0.29, 0.717) is 24.6 Å². The summed E-state index contributed by atoms with van der Waals surface area (Å²) in [5.41, 5.74) is 0.835. The van der Waals surface area contributed by atoms with E-state index in [-0.39, 0.29) is 11.5 Å². The van der Waals surface area contributed by atoms with Crippen LogP contribution in [-0.2, 0) is 10.2 Å². The molecule has 1 amide bonds. The first-order chi connectivity index (χ1) is 13.7. The third kappa shape index (κ3) is 3.51. The highest BCUT2D eigenvalue weighted by atomic mass is 16.6. The third-order valence-corrected chi connectivity index (χ3v) is 7.17. The van der Waals surface area contributed by atoms with E-state index in [9.17, 15) is 10.1 Å². The summed E-state index contributed by atoms with van der Waals surface area (Å²) in [7, 11) is 0. The van der Waals surface area contributed by atoms with Crippen LogP contribution in [0.3, 0.4) is 0 Å². The fraction of sp³-hybridized carbons (Fsp3) is 0.652. The second kappa shape index (κ2) is 8.13. The van der Waals surface area contributed by atoms with E-state index in [1.807, 2.05) is 30.0 Å². The van der Waals surface area contributed by atoms with Gasteiger partial charge in [0.2, 0.25) is 0 Å². The van der Waals surface area contributed by atoms with E-state index in [1.54, 1.807) is 0 Å². The molecule has 4 rings (SSSR count). The predicted octanol–water partition coefficient (Wildman–Crippen LogP) is 3.94. The first kappa shape index (κ1) is 19.3. The average molecular weight is 382 g/mol. The minimum Gasteiger partial charge on any atom is -0.450 e. The molecule has 0 radical (unpaired) electrons. The normalized spacial score (nSPS) is 33.1. The molecule has 5 nitrogen and oxygen atoms in total. The fourth-order valence-corrected chi connectivity index (χ4v) is 5.68. The highest BCUT2D eigenvalue weighted by Gasteiger charge is 2.46. The van der Waals surface area contributed by atoms with Gasteiger partial charge in [0.15, 0.2) is 0 Å². The van der Waals surface area contributed by atoms with Crippen LogP contribution in [0.15, 0.2) is 30.3 Å². The Bertz CT molecular complexity index is 721. The summed E-state index contributed by atoms with van der Waals surface area (Å²) in [6.45, 7) is 5.05. The Morgan fingerprint density at radius 1 is 1.21 bits per heavy atom. The lowest BCUT2D eigenvalue weighted by molar-refractivity contribution is 0.0482. The van der Waals surface area contributed by atoms with E-state index in [2.05, 4.69) is 23.1 Å². The summed E-state index contributed by atoms with van der Waals surface area (Å²) < 4.78 is 5.24. The summed E-state index contributed by atoms with van der Waals surface area (Å²) in [5, 5.41) is 9.97. The predicted molar refractivity (Wildman–Crippen MR) is 108 cm³/mol. The van der Waals surface area contributed by atoms with Gasteiger partial charge >= 0.3 is 6.09 Å². The third-order valence-electron chi connectivity index (χ3n) is 7.17. The van der Waals surface area contributed by atoms with Gasteiger partial charge in [0, 0.05) is 25.2 Å². The van der Waals surface area contributed by atoms with Crippen molar-refractivity contribution in [1.29, 1.82) is 5.26 Å². The first-order valence-electron chi connectivity index (χ1n) is 10.8. The maximum Gasteiger partial charge on any atom is 0.409 e. The maximum absolute atomic E-state index is 12.2. The maximum atomic E-state index is 12.2. The molecule has 28 heavy (non-hydrogen) atoms. The van der Waals surface area contributed by atoms with Crippen molar-refractivity contribution in [2.75, 3.05) is 26.2 Å². The van der Waals surface area contributed by atoms with Crippen molar-refractivity contribution in [2.45, 2.75) is 62.9 Å². The number of ether oxygens (including phenoxy) is 1. The molecule has 3 fully saturated rings. The number of carbonyl (C=O) groups excluding carboxylic acids is 1. The monoisotopic (exact) mass is 381 g/mol. The fourth-order valence-electron chi connectivity index (χ4n) is 5.68. The van der Waals surface area contributed by atoms with E-state index in [4.69, 9.17) is 4.74 Å². The van der Waals surface area contributed by atoms with Crippen LogP contribution >= 0.6 is 0 Å². The van der Waals surface area contributed by atoms with Crippen molar-refractivity contribution in [3.05, 3.63) is 35.9 Å². The molecule has 0 aromatic heterocycles. The van der Waals surface area contributed by atoms with Gasteiger partial charge in [-0.1, -0.05) is 30.3 Å². The summed E-state index contributed by atoms with van der Waals surface area (Å²) in [4.78, 5) is 16.8. The number of amides is 1. The Balaban J connectivity index is 1.43. The second-order valence-corrected chi connectivity index (χ2v) is 8.60. The van der Waals surface area contributed by atoms with Gasteiger partial charge in [-0.25, -0.2) is 4.79 Å². The van der Waals surface area contributed by atoms with E-state index in [1.165, 1.54) is 18.4 Å². The molecule has 2 atom stereocenters. The highest BCUT2D eigenvalue weighted by molar-refractivity contribution is 5.68. The molecule has 3 aliphatic rings. The zero-order chi connectivity index (χ0) is 19.6. The molecular formula is C23H31N3O2. The van der Waals surface area contributed by atoms with Crippen LogP contribution in [0.1, 0.15) is 51.0 Å². The Morgan fingerprint density at radius 3 is 2.64 bits per heavy atom. The topological polar surface area (TPSA) is 56.6 Å². The molecule has 1 saturated carbocycles. The van der Waals surface area contributed by atoms with Crippen LogP contribution in [0.25, 0.3) is 0 Å². The van der Waals surface area contributed by atoms with Crippen LogP contribution in [-0.4, -0.2) is 54.2 Å². The molecule has 0 N–H and O–H groups in total. The largest absolute Gasteiger partial charge is 0.450 e. The van der Waals surface area contributed by atoms with Gasteiger partial charge in [-0.15, -0.1) is 0 Å². The number of piperidine rings is 1. The molecule has 0 bridgehead atoms. The first-order valence-corrected chi connectivity index (χ1v) is 10.8. The standard InChI is InChI=1S/C23H31N3O2/c1-2-28-22(27)25-15-18-7-6-14-26(21(18)16-25)20-10-12-23(17-24,13-11-20)19-8-4-3-5-9-19/h3-5,8-9,18,20-21H,2,6-7,10-16H2,1H3. The van der Waals surface area contributed by atoms with Crippen molar-refractivity contribution in [1.82, 2.24) is 9.80 Å². The zero-order valence-electron chi connectivity index (χ0n) is 16.8. The average Bonchev–Trinajstić information content (AvgIpc) is 3.19. The molecule has 2 heterocycles. The van der Waals surface area contributed by atoms with Gasteiger partial charge in [0.05, 0.1) is 18.1 Å². The molecule has 2 saturated heterocycles. The number of likely N-dealkylation sites (tertiary alicyclic amines) is 2. The van der Waals surface area contributed by atoms with E-state index >= 15 is 0 Å². The summed E-state index contributed by atoms with van der Waals surface area (Å²) >= 11 is 0. The number of nitrogens with zero attached hydrogens (tertiary/aromatic N) is 3. The van der Waals surface area contributed by atoms with Gasteiger partial charge in [0.25, 0.3) is 0 Å². The SMILES string of the molecule is CCOC(=O)N1CC2CCCN(C3CCC(C#N)(c4ccccc4)CC3)C2C1. The Hall–Kier alpha value is -2.06. The number of benzene rings is 1. The van der Waals surface area contributed by atoms with Gasteiger partial charge in [-0.05, 0) is 63.5 Å². The molecule has 1 aromatic rings. The zero-order valence-corrected chi connectivity index (χ0v) is 16.8. The summed E-state index contributed by atoms with van der Waals surface area (Å²) in [5.74, 6) is 0.565. The number of nitriles is 1. The van der Waals surface area contributed by atoms with Gasteiger partial charge < -0.3 is 9.64 Å². The number of fused-ring (bicyclic) bond motifs is 1. The van der Waals surface area contributed by atoms with E-state index < -0.39 is 0 Å². The second-order valence-electron chi connectivity index (χ2n) is 8.60. The molecule has 0 spiro atoms. The van der Waals surface area contributed by atoms with Crippen molar-refractivity contribution >= 4 is 6.09 Å². The van der Waals surface area contributed by atoms with Crippen LogP contribution in [0.4, 0.5) is 4.79 Å². The molecule has 2 unspecified atom stereocenters. The number of rotatable bonds is 3. The lowest BCUT2D eigenvalue weighted by Crippen LogP contribution is -2.52. The molecule has 2 aliphatic heterocycles. The van der Waals surface area contributed by atoms with Crippen molar-refractivity contribution in [3.8, 4) is 6.07 Å². The van der Waals surface area contributed by atoms with Crippen molar-refractivity contribution in [3.63, 3.8) is 0 Å².